The van der Waals surface area contributed by atoms with Crippen LogP contribution >= 0.6 is 0 Å². The highest BCUT2D eigenvalue weighted by Gasteiger charge is 1.65. The Morgan fingerprint density at radius 2 is 1.00 bits per heavy atom. The van der Waals surface area contributed by atoms with Gasteiger partial charge in [0.25, 0.3) is 10.2 Å². The van der Waals surface area contributed by atoms with E-state index in [-0.39, 0.29) is 23.1 Å². The van der Waals surface area contributed by atoms with Crippen LogP contribution in [-0.2, 0) is 0 Å². The van der Waals surface area contributed by atoms with Crippen molar-refractivity contribution in [3.63, 3.8) is 0 Å². The quantitative estimate of drug-likeness (QED) is 0.257. The maximum absolute atomic E-state index is 8.36. The summed E-state index contributed by atoms with van der Waals surface area (Å²) in [6.45, 7) is 0. The molecule has 0 aliphatic carbocycles. The van der Waals surface area contributed by atoms with Crippen molar-refractivity contribution in [1.82, 2.24) is 0 Å². The highest BCUT2D eigenvalue weighted by molar-refractivity contribution is 5.75. The molecule has 2 radical (unpaired) electrons. The Bertz CT molecular complexity index is 69.1. The van der Waals surface area contributed by atoms with Crippen LogP contribution in [0.25, 0.3) is 0 Å². The van der Waals surface area contributed by atoms with Gasteiger partial charge in [-0.1, -0.05) is 0 Å². The summed E-state index contributed by atoms with van der Waals surface area (Å²) in [5.74, 6) is 0. The van der Waals surface area contributed by atoms with Gasteiger partial charge in [0.2, 0.25) is 0 Å². The largest absolute Gasteiger partial charge is 0.328 e. The van der Waals surface area contributed by atoms with Crippen LogP contribution in [0.1, 0.15) is 0 Å². The van der Waals surface area contributed by atoms with Gasteiger partial charge in [0.15, 0.2) is 0 Å². The van der Waals surface area contributed by atoms with Gasteiger partial charge in [-0.3, -0.25) is 0 Å². The van der Waals surface area contributed by atoms with Crippen molar-refractivity contribution in [3.05, 3.63) is 20.2 Å². The molecule has 0 bridgehead atoms. The minimum atomic E-state index is -1.50. The topological polar surface area (TPSA) is 127 Å². The molecule has 0 aromatic carbocycles. The normalized spacial score (nSPS) is 5.33. The van der Waals surface area contributed by atoms with Crippen molar-refractivity contribution in [1.29, 1.82) is 0 Å². The van der Waals surface area contributed by atoms with E-state index in [0.717, 1.165) is 0 Å². The minimum absolute atomic E-state index is 0. The van der Waals surface area contributed by atoms with Gasteiger partial charge in [0, 0.05) is 23.1 Å². The zero-order valence-electron chi connectivity index (χ0n) is 4.13. The summed E-state index contributed by atoms with van der Waals surface area (Å²) in [6, 6.07) is 0. The van der Waals surface area contributed by atoms with Gasteiger partial charge >= 0.3 is 0 Å². The van der Waals surface area contributed by atoms with Crippen LogP contribution in [0.2, 0.25) is 0 Å². The number of hydrogen-bond donors (Lipinski definition) is 2. The maximum Gasteiger partial charge on any atom is 0.291 e. The molecule has 0 aromatic rings. The fourth-order valence-electron chi connectivity index (χ4n) is 0. The molecular formula is H2MgN2O6. The summed E-state index contributed by atoms with van der Waals surface area (Å²) >= 11 is 0. The zero-order valence-corrected chi connectivity index (χ0v) is 5.54. The number of hydrogen-bond acceptors (Lipinski definition) is 4. The first-order chi connectivity index (χ1) is 3.46. The molecule has 0 aliphatic heterocycles. The second-order valence-electron chi connectivity index (χ2n) is 0.476. The molecule has 0 saturated carbocycles. The highest BCUT2D eigenvalue weighted by Crippen LogP contribution is 1.38. The van der Waals surface area contributed by atoms with E-state index in [4.69, 9.17) is 30.6 Å². The molecule has 50 valence electrons. The Labute approximate surface area is 64.5 Å². The molecule has 0 aliphatic rings. The van der Waals surface area contributed by atoms with Gasteiger partial charge in [0.1, 0.15) is 0 Å². The minimum Gasteiger partial charge on any atom is -0.328 e. The molecule has 0 spiro atoms. The SMILES string of the molecule is O=[N+]([O-])O.O=[N+]([O-])O.[Mg]. The predicted octanol–water partition coefficient (Wildman–Crippen LogP) is -1.08. The molecule has 0 fully saturated rings. The Morgan fingerprint density at radius 3 is 1.00 bits per heavy atom. The van der Waals surface area contributed by atoms with Gasteiger partial charge in [-0.2, -0.15) is 0 Å². The van der Waals surface area contributed by atoms with Crippen LogP contribution in [-0.4, -0.2) is 43.6 Å². The highest BCUT2D eigenvalue weighted by atomic mass is 24.3. The lowest BCUT2D eigenvalue weighted by atomic mass is 13.1. The molecule has 2 N–H and O–H groups in total. The standard InChI is InChI=1S/Mg.2HNO3/c;2*2-1(3)4/h;2*(H,2,3,4). The monoisotopic (exact) mass is 150 g/mol. The first-order valence-electron chi connectivity index (χ1n) is 1.13. The molecular weight excluding hydrogens is 148 g/mol. The zero-order chi connectivity index (χ0) is 7.15. The third-order valence-corrected chi connectivity index (χ3v) is 0. The lowest BCUT2D eigenvalue weighted by Gasteiger charge is -1.56. The fourth-order valence-corrected chi connectivity index (χ4v) is 0. The summed E-state index contributed by atoms with van der Waals surface area (Å²) in [5.41, 5.74) is 0. The van der Waals surface area contributed by atoms with Gasteiger partial charge in [-0.15, -0.1) is 20.2 Å². The van der Waals surface area contributed by atoms with Crippen molar-refractivity contribution in [2.45, 2.75) is 0 Å². The van der Waals surface area contributed by atoms with Crippen LogP contribution in [0.4, 0.5) is 0 Å². The van der Waals surface area contributed by atoms with Crippen LogP contribution in [0.5, 0.6) is 0 Å². The molecule has 0 amide bonds. The van der Waals surface area contributed by atoms with E-state index in [1.54, 1.807) is 0 Å². The smallest absolute Gasteiger partial charge is 0.291 e. The van der Waals surface area contributed by atoms with Crippen LogP contribution in [0.15, 0.2) is 0 Å². The van der Waals surface area contributed by atoms with E-state index >= 15 is 0 Å². The molecule has 0 saturated heterocycles. The summed E-state index contributed by atoms with van der Waals surface area (Å²) in [6.07, 6.45) is 0. The van der Waals surface area contributed by atoms with Crippen molar-refractivity contribution in [2.75, 3.05) is 0 Å². The maximum atomic E-state index is 8.36. The number of rotatable bonds is 0. The van der Waals surface area contributed by atoms with E-state index in [9.17, 15) is 0 Å². The molecule has 0 rings (SSSR count). The summed E-state index contributed by atoms with van der Waals surface area (Å²) in [5, 5.41) is 27.3. The molecule has 8 nitrogen and oxygen atoms in total. The fraction of sp³-hybridized carbons (Fsp3) is 0. The van der Waals surface area contributed by atoms with Gasteiger partial charge in [-0.25, -0.2) is 0 Å². The summed E-state index contributed by atoms with van der Waals surface area (Å²) in [4.78, 5) is 16.7. The third-order valence-electron chi connectivity index (χ3n) is 0. The van der Waals surface area contributed by atoms with Crippen molar-refractivity contribution in [3.8, 4) is 0 Å². The van der Waals surface area contributed by atoms with Crippen LogP contribution < -0.4 is 0 Å². The van der Waals surface area contributed by atoms with Gasteiger partial charge < -0.3 is 10.4 Å². The first-order valence-corrected chi connectivity index (χ1v) is 1.13. The molecule has 0 atom stereocenters. The van der Waals surface area contributed by atoms with E-state index in [2.05, 4.69) is 0 Å². The third kappa shape index (κ3) is 275. The Kier molecular flexibility index (Phi) is 17.8. The average Bonchev–Trinajstić information content (AvgIpc) is 1.25. The second-order valence-corrected chi connectivity index (χ2v) is 0.476. The lowest BCUT2D eigenvalue weighted by Crippen LogP contribution is -1.81. The second kappa shape index (κ2) is 10.2. The molecule has 9 heteroatoms. The molecule has 9 heavy (non-hydrogen) atoms. The molecule has 0 heterocycles. The Balaban J connectivity index is -0.0000000720. The lowest BCUT2D eigenvalue weighted by molar-refractivity contribution is -0.742. The average molecular weight is 150 g/mol. The van der Waals surface area contributed by atoms with E-state index in [0.29, 0.717) is 0 Å². The van der Waals surface area contributed by atoms with Crippen molar-refractivity contribution in [2.24, 2.45) is 0 Å². The number of nitrogens with zero attached hydrogens (tertiary/aromatic N) is 2. The van der Waals surface area contributed by atoms with Crippen LogP contribution in [0.3, 0.4) is 0 Å². The Morgan fingerprint density at radius 1 is 1.00 bits per heavy atom. The van der Waals surface area contributed by atoms with Crippen molar-refractivity contribution < 1.29 is 20.6 Å². The summed E-state index contributed by atoms with van der Waals surface area (Å²) < 4.78 is 0. The first kappa shape index (κ1) is 15.7. The predicted molar refractivity (Wildman–Crippen MR) is 23.3 cm³/mol. The molecule has 0 aromatic heterocycles. The van der Waals surface area contributed by atoms with Gasteiger partial charge in [-0.05, 0) is 0 Å². The Hall–Kier alpha value is -0.834. The van der Waals surface area contributed by atoms with E-state index in [1.807, 2.05) is 0 Å². The van der Waals surface area contributed by atoms with Gasteiger partial charge in [0.05, 0.1) is 0 Å². The van der Waals surface area contributed by atoms with E-state index in [1.165, 1.54) is 0 Å². The van der Waals surface area contributed by atoms with E-state index < -0.39 is 10.2 Å². The van der Waals surface area contributed by atoms with Crippen molar-refractivity contribution >= 4 is 23.1 Å². The van der Waals surface area contributed by atoms with Crippen LogP contribution in [0, 0.1) is 20.2 Å². The molecule has 0 unspecified atom stereocenters. The summed E-state index contributed by atoms with van der Waals surface area (Å²) in [7, 11) is 0.